The quantitative estimate of drug-likeness (QED) is 0.423. The molecule has 0 aliphatic carbocycles. The number of nitrogens with one attached hydrogen (secondary N) is 1. The summed E-state index contributed by atoms with van der Waals surface area (Å²) in [6, 6.07) is 21.2. The maximum Gasteiger partial charge on any atom is 0.361 e. The van der Waals surface area contributed by atoms with Gasteiger partial charge in [0, 0.05) is 18.0 Å². The maximum absolute atomic E-state index is 12.9. The minimum atomic E-state index is -3.27. The van der Waals surface area contributed by atoms with Crippen LogP contribution in [0.4, 0.5) is 0 Å². The lowest BCUT2D eigenvalue weighted by molar-refractivity contribution is 0.229. The largest absolute Gasteiger partial charge is 0.361 e. The first-order valence-electron chi connectivity index (χ1n) is 10.3. The molecule has 1 heterocycles. The average Bonchev–Trinajstić information content (AvgIpc) is 2.75. The van der Waals surface area contributed by atoms with Gasteiger partial charge in [0.25, 0.3) is 0 Å². The molecule has 29 heavy (non-hydrogen) atoms. The van der Waals surface area contributed by atoms with Gasteiger partial charge in [0.1, 0.15) is 0 Å². The molecule has 0 saturated carbocycles. The number of hydrogen-bond acceptors (Lipinski definition) is 4. The van der Waals surface area contributed by atoms with E-state index < -0.39 is 7.60 Å². The Morgan fingerprint density at radius 3 is 2.10 bits per heavy atom. The van der Waals surface area contributed by atoms with Gasteiger partial charge in [-0.2, -0.15) is 0 Å². The average molecular weight is 411 g/mol. The van der Waals surface area contributed by atoms with E-state index in [1.807, 2.05) is 26.0 Å². The highest BCUT2D eigenvalue weighted by Crippen LogP contribution is 2.50. The van der Waals surface area contributed by atoms with Crippen LogP contribution in [0.1, 0.15) is 50.4 Å². The third-order valence-electron chi connectivity index (χ3n) is 5.24. The van der Waals surface area contributed by atoms with Crippen molar-refractivity contribution in [3.63, 3.8) is 0 Å². The smallest absolute Gasteiger partial charge is 0.305 e. The first kappa shape index (κ1) is 21.8. The summed E-state index contributed by atoms with van der Waals surface area (Å²) in [4.78, 5) is 0. The second-order valence-corrected chi connectivity index (χ2v) is 9.04. The highest BCUT2D eigenvalue weighted by Gasteiger charge is 2.32. The Bertz CT molecular complexity index is 881. The molecule has 5 heteroatoms. The van der Waals surface area contributed by atoms with E-state index >= 15 is 0 Å². The predicted octanol–water partition coefficient (Wildman–Crippen LogP) is 6.40. The van der Waals surface area contributed by atoms with Crippen LogP contribution in [-0.2, 0) is 13.6 Å². The molecule has 0 aromatic heterocycles. The monoisotopic (exact) mass is 411 g/mol. The second kappa shape index (κ2) is 10.2. The van der Waals surface area contributed by atoms with Crippen LogP contribution in [0.5, 0.6) is 0 Å². The molecule has 3 rings (SSSR count). The van der Waals surface area contributed by atoms with Crippen molar-refractivity contribution in [1.29, 1.82) is 0 Å². The third kappa shape index (κ3) is 5.57. The fourth-order valence-corrected chi connectivity index (χ4v) is 5.06. The number of benzene rings is 2. The Morgan fingerprint density at radius 2 is 1.55 bits per heavy atom. The van der Waals surface area contributed by atoms with Gasteiger partial charge in [-0.3, -0.25) is 4.57 Å². The molecule has 1 saturated heterocycles. The van der Waals surface area contributed by atoms with Crippen LogP contribution in [0.3, 0.4) is 0 Å². The summed E-state index contributed by atoms with van der Waals surface area (Å²) in [6.07, 6.45) is 0.795. The van der Waals surface area contributed by atoms with Gasteiger partial charge in [-0.05, 0) is 37.0 Å². The molecule has 4 nitrogen and oxygen atoms in total. The minimum Gasteiger partial charge on any atom is -0.305 e. The molecule has 0 amide bonds. The van der Waals surface area contributed by atoms with Gasteiger partial charge < -0.3 is 14.4 Å². The Kier molecular flexibility index (Phi) is 7.66. The zero-order chi connectivity index (χ0) is 20.7. The van der Waals surface area contributed by atoms with Crippen LogP contribution in [0.2, 0.25) is 0 Å². The number of rotatable bonds is 7. The van der Waals surface area contributed by atoms with Crippen LogP contribution in [0.15, 0.2) is 77.8 Å². The lowest BCUT2D eigenvalue weighted by Crippen LogP contribution is -2.37. The highest BCUT2D eigenvalue weighted by atomic mass is 31.2. The van der Waals surface area contributed by atoms with Gasteiger partial charge in [0.05, 0.1) is 19.0 Å². The van der Waals surface area contributed by atoms with E-state index in [-0.39, 0.29) is 18.0 Å². The van der Waals surface area contributed by atoms with Crippen molar-refractivity contribution in [2.24, 2.45) is 5.92 Å². The Labute approximate surface area is 174 Å². The molecule has 1 aliphatic rings. The van der Waals surface area contributed by atoms with E-state index in [9.17, 15) is 4.57 Å². The molecule has 1 fully saturated rings. The third-order valence-corrected chi connectivity index (χ3v) is 6.92. The molecular weight excluding hydrogens is 381 g/mol. The maximum atomic E-state index is 12.9. The van der Waals surface area contributed by atoms with Crippen molar-refractivity contribution in [1.82, 2.24) is 5.32 Å². The summed E-state index contributed by atoms with van der Waals surface area (Å²) in [7, 11) is -3.27. The molecule has 0 bridgehead atoms. The first-order chi connectivity index (χ1) is 14.1. The van der Waals surface area contributed by atoms with Crippen LogP contribution in [-0.4, -0.2) is 13.2 Å². The van der Waals surface area contributed by atoms with E-state index in [0.717, 1.165) is 12.0 Å². The topological polar surface area (TPSA) is 47.6 Å². The zero-order valence-electron chi connectivity index (χ0n) is 17.4. The normalized spacial score (nSPS) is 22.2. The van der Waals surface area contributed by atoms with Gasteiger partial charge in [-0.25, -0.2) is 0 Å². The lowest BCUT2D eigenvalue weighted by atomic mass is 9.79. The van der Waals surface area contributed by atoms with Crippen LogP contribution >= 0.6 is 7.60 Å². The summed E-state index contributed by atoms with van der Waals surface area (Å²) in [6.45, 7) is 6.49. The molecule has 0 spiro atoms. The van der Waals surface area contributed by atoms with Crippen LogP contribution in [0, 0.1) is 5.92 Å². The Morgan fingerprint density at radius 1 is 1.00 bits per heavy atom. The summed E-state index contributed by atoms with van der Waals surface area (Å²) in [5.74, 6) is 1.71. The Hall–Kier alpha value is -1.93. The summed E-state index contributed by atoms with van der Waals surface area (Å²) >= 11 is 0. The van der Waals surface area contributed by atoms with Gasteiger partial charge in [0.15, 0.2) is 0 Å². The summed E-state index contributed by atoms with van der Waals surface area (Å²) in [5.41, 5.74) is 6.90. The van der Waals surface area contributed by atoms with Crippen LogP contribution < -0.4 is 5.32 Å². The molecule has 0 unspecified atom stereocenters. The van der Waals surface area contributed by atoms with Gasteiger partial charge in [-0.1, -0.05) is 67.6 Å². The zero-order valence-corrected chi connectivity index (χ0v) is 18.3. The van der Waals surface area contributed by atoms with Crippen molar-refractivity contribution in [2.75, 3.05) is 13.2 Å². The molecule has 2 aromatic rings. The Balaban J connectivity index is 2.00. The molecule has 3 atom stereocenters. The second-order valence-electron chi connectivity index (χ2n) is 7.19. The molecule has 2 aromatic carbocycles. The van der Waals surface area contributed by atoms with E-state index in [1.54, 1.807) is 0 Å². The standard InChI is InChI=1S/C24H30NO3P/c1-4-27-29(26,28-5-2)17-16-22-18-23(20-12-8-6-9-13-20)25-24(19(22)3)21-14-10-7-11-15-21/h6-15,17,19,23-25H,4-5,18H2,1-3H3/t16?,19-,23+,24-/m0/s1. The predicted molar refractivity (Wildman–Crippen MR) is 118 cm³/mol. The van der Waals surface area contributed by atoms with Crippen molar-refractivity contribution >= 4 is 7.60 Å². The van der Waals surface area contributed by atoms with Crippen molar-refractivity contribution < 1.29 is 13.6 Å². The van der Waals surface area contributed by atoms with E-state index in [4.69, 9.17) is 9.05 Å². The van der Waals surface area contributed by atoms with E-state index in [0.29, 0.717) is 13.2 Å². The molecule has 1 N–H and O–H groups in total. The van der Waals surface area contributed by atoms with E-state index in [2.05, 4.69) is 66.5 Å². The molecule has 0 radical (unpaired) electrons. The number of hydrogen-bond donors (Lipinski definition) is 1. The van der Waals surface area contributed by atoms with E-state index in [1.165, 1.54) is 16.9 Å². The fraction of sp³-hybridized carbons (Fsp3) is 0.375. The minimum absolute atomic E-state index is 0.143. The van der Waals surface area contributed by atoms with Crippen molar-refractivity contribution in [3.8, 4) is 0 Å². The van der Waals surface area contributed by atoms with Gasteiger partial charge in [-0.15, -0.1) is 5.73 Å². The van der Waals surface area contributed by atoms with Gasteiger partial charge in [0.2, 0.25) is 0 Å². The SMILES string of the molecule is CCOP(=O)(C=C=C1C[C@H](c2ccccc2)N[C@H](c2ccccc2)[C@H]1C)OCC. The molecule has 154 valence electrons. The molecule has 1 aliphatic heterocycles. The van der Waals surface area contributed by atoms with Crippen molar-refractivity contribution in [2.45, 2.75) is 39.3 Å². The first-order valence-corrected chi connectivity index (χ1v) is 11.9. The van der Waals surface area contributed by atoms with Gasteiger partial charge >= 0.3 is 7.60 Å². The van der Waals surface area contributed by atoms with Crippen molar-refractivity contribution in [3.05, 3.63) is 88.9 Å². The summed E-state index contributed by atoms with van der Waals surface area (Å²) in [5, 5.41) is 3.81. The highest BCUT2D eigenvalue weighted by molar-refractivity contribution is 7.57. The van der Waals surface area contributed by atoms with Crippen LogP contribution in [0.25, 0.3) is 0 Å². The number of piperidine rings is 1. The summed E-state index contributed by atoms with van der Waals surface area (Å²) < 4.78 is 23.7. The molecular formula is C24H30NO3P. The lowest BCUT2D eigenvalue weighted by Gasteiger charge is -2.38. The fourth-order valence-electron chi connectivity index (χ4n) is 3.80.